The first-order valence-electron chi connectivity index (χ1n) is 10.7. The van der Waals surface area contributed by atoms with Crippen LogP contribution >= 0.6 is 24.0 Å². The molecular formula is C24H35IN4O2. The summed E-state index contributed by atoms with van der Waals surface area (Å²) in [6.45, 7) is 3.65. The van der Waals surface area contributed by atoms with Crippen molar-refractivity contribution >= 4 is 29.9 Å². The lowest BCUT2D eigenvalue weighted by Crippen LogP contribution is -2.36. The SMILES string of the molecule is CN=C(NCc1ccccc1OCCN(C)C)NCc1ccccc1OCC1CC1.I. The zero-order chi connectivity index (χ0) is 21.2. The maximum atomic E-state index is 6.01. The van der Waals surface area contributed by atoms with Crippen LogP contribution in [0.25, 0.3) is 0 Å². The standard InChI is InChI=1S/C24H34N4O2.HI/c1-25-24(26-16-20-8-4-6-10-22(20)29-15-14-28(2)3)27-17-21-9-5-7-11-23(21)30-18-19-12-13-19;/h4-11,19H,12-18H2,1-3H3,(H2,25,26,27);1H. The molecule has 0 radical (unpaired) electrons. The van der Waals surface area contributed by atoms with Gasteiger partial charge in [0.2, 0.25) is 0 Å². The average Bonchev–Trinajstić information content (AvgIpc) is 3.58. The van der Waals surface area contributed by atoms with Crippen molar-refractivity contribution in [2.45, 2.75) is 25.9 Å². The van der Waals surface area contributed by atoms with Gasteiger partial charge >= 0.3 is 0 Å². The number of benzene rings is 2. The monoisotopic (exact) mass is 538 g/mol. The zero-order valence-corrected chi connectivity index (χ0v) is 21.1. The number of likely N-dealkylation sites (N-methyl/N-ethyl adjacent to an activating group) is 1. The molecule has 1 saturated carbocycles. The number of rotatable bonds is 11. The third kappa shape index (κ3) is 8.95. The van der Waals surface area contributed by atoms with Crippen molar-refractivity contribution in [3.05, 3.63) is 59.7 Å². The second kappa shape index (κ2) is 13.4. The third-order valence-corrected chi connectivity index (χ3v) is 5.03. The number of para-hydroxylation sites is 2. The Hall–Kier alpha value is -2.00. The zero-order valence-electron chi connectivity index (χ0n) is 18.8. The van der Waals surface area contributed by atoms with Crippen molar-refractivity contribution in [1.82, 2.24) is 15.5 Å². The number of aliphatic imine (C=N–C) groups is 1. The Bertz CT molecular complexity index is 825. The maximum Gasteiger partial charge on any atom is 0.191 e. The molecule has 2 aromatic rings. The quantitative estimate of drug-likeness (QED) is 0.258. The summed E-state index contributed by atoms with van der Waals surface area (Å²) in [7, 11) is 5.87. The van der Waals surface area contributed by atoms with Crippen molar-refractivity contribution in [3.63, 3.8) is 0 Å². The minimum atomic E-state index is 0. The second-order valence-electron chi connectivity index (χ2n) is 7.90. The van der Waals surface area contributed by atoms with Crippen molar-refractivity contribution < 1.29 is 9.47 Å². The minimum Gasteiger partial charge on any atom is -0.493 e. The summed E-state index contributed by atoms with van der Waals surface area (Å²) in [4.78, 5) is 6.46. The van der Waals surface area contributed by atoms with E-state index in [2.05, 4.69) is 32.7 Å². The molecule has 0 aliphatic heterocycles. The van der Waals surface area contributed by atoms with E-state index in [1.54, 1.807) is 7.05 Å². The fourth-order valence-electron chi connectivity index (χ4n) is 2.99. The van der Waals surface area contributed by atoms with Gasteiger partial charge in [-0.05, 0) is 45.0 Å². The summed E-state index contributed by atoms with van der Waals surface area (Å²) in [6.07, 6.45) is 2.58. The van der Waals surface area contributed by atoms with E-state index in [4.69, 9.17) is 9.47 Å². The maximum absolute atomic E-state index is 6.01. The lowest BCUT2D eigenvalue weighted by Gasteiger charge is -2.17. The van der Waals surface area contributed by atoms with Gasteiger partial charge in [-0.15, -0.1) is 24.0 Å². The minimum absolute atomic E-state index is 0. The van der Waals surface area contributed by atoms with Crippen LogP contribution in [0.2, 0.25) is 0 Å². The second-order valence-corrected chi connectivity index (χ2v) is 7.90. The van der Waals surface area contributed by atoms with Gasteiger partial charge in [0.25, 0.3) is 0 Å². The molecule has 2 aromatic carbocycles. The van der Waals surface area contributed by atoms with E-state index in [-0.39, 0.29) is 24.0 Å². The fourth-order valence-corrected chi connectivity index (χ4v) is 2.99. The van der Waals surface area contributed by atoms with Crippen molar-refractivity contribution in [1.29, 1.82) is 0 Å². The van der Waals surface area contributed by atoms with Crippen LogP contribution in [-0.2, 0) is 13.1 Å². The van der Waals surface area contributed by atoms with E-state index in [9.17, 15) is 0 Å². The van der Waals surface area contributed by atoms with Gasteiger partial charge in [-0.25, -0.2) is 0 Å². The number of hydrogen-bond acceptors (Lipinski definition) is 4. The molecule has 6 nitrogen and oxygen atoms in total. The molecule has 0 saturated heterocycles. The van der Waals surface area contributed by atoms with Crippen LogP contribution in [0.15, 0.2) is 53.5 Å². The first-order valence-corrected chi connectivity index (χ1v) is 10.7. The van der Waals surface area contributed by atoms with Crippen LogP contribution in [0.4, 0.5) is 0 Å². The number of hydrogen-bond donors (Lipinski definition) is 2. The summed E-state index contributed by atoms with van der Waals surface area (Å²) in [5, 5.41) is 6.77. The van der Waals surface area contributed by atoms with Crippen LogP contribution in [-0.4, -0.2) is 51.8 Å². The van der Waals surface area contributed by atoms with E-state index in [0.717, 1.165) is 47.7 Å². The van der Waals surface area contributed by atoms with E-state index in [1.165, 1.54) is 12.8 Å². The molecule has 0 unspecified atom stereocenters. The van der Waals surface area contributed by atoms with Crippen LogP contribution < -0.4 is 20.1 Å². The Morgan fingerprint density at radius 2 is 1.48 bits per heavy atom. The van der Waals surface area contributed by atoms with E-state index < -0.39 is 0 Å². The highest BCUT2D eigenvalue weighted by Crippen LogP contribution is 2.30. The smallest absolute Gasteiger partial charge is 0.191 e. The Labute approximate surface area is 203 Å². The highest BCUT2D eigenvalue weighted by molar-refractivity contribution is 14.0. The van der Waals surface area contributed by atoms with E-state index >= 15 is 0 Å². The molecular weight excluding hydrogens is 503 g/mol. The molecule has 0 spiro atoms. The van der Waals surface area contributed by atoms with Gasteiger partial charge in [0.15, 0.2) is 5.96 Å². The molecule has 1 fully saturated rings. The van der Waals surface area contributed by atoms with Gasteiger partial charge in [0.1, 0.15) is 18.1 Å². The number of ether oxygens (including phenoxy) is 2. The first-order chi connectivity index (χ1) is 14.7. The molecule has 170 valence electrons. The van der Waals surface area contributed by atoms with Crippen LogP contribution in [0.1, 0.15) is 24.0 Å². The summed E-state index contributed by atoms with van der Waals surface area (Å²) >= 11 is 0. The van der Waals surface area contributed by atoms with Crippen molar-refractivity contribution in [2.75, 3.05) is 40.9 Å². The Morgan fingerprint density at radius 1 is 0.935 bits per heavy atom. The summed E-state index contributed by atoms with van der Waals surface area (Å²) < 4.78 is 12.0. The van der Waals surface area contributed by atoms with Gasteiger partial charge in [-0.3, -0.25) is 4.99 Å². The predicted octanol–water partition coefficient (Wildman–Crippen LogP) is 3.90. The third-order valence-electron chi connectivity index (χ3n) is 5.03. The van der Waals surface area contributed by atoms with E-state index in [0.29, 0.717) is 19.7 Å². The van der Waals surface area contributed by atoms with Crippen LogP contribution in [0.3, 0.4) is 0 Å². The first kappa shape index (κ1) is 25.3. The van der Waals surface area contributed by atoms with Gasteiger partial charge in [0, 0.05) is 37.8 Å². The number of nitrogens with one attached hydrogen (secondary N) is 2. The molecule has 0 atom stereocenters. The topological polar surface area (TPSA) is 58.1 Å². The molecule has 0 bridgehead atoms. The molecule has 2 N–H and O–H groups in total. The Morgan fingerprint density at radius 3 is 2.00 bits per heavy atom. The molecule has 7 heteroatoms. The molecule has 31 heavy (non-hydrogen) atoms. The number of halogens is 1. The highest BCUT2D eigenvalue weighted by Gasteiger charge is 2.22. The molecule has 3 rings (SSSR count). The van der Waals surface area contributed by atoms with Crippen LogP contribution in [0.5, 0.6) is 11.5 Å². The summed E-state index contributed by atoms with van der Waals surface area (Å²) in [5.74, 6) is 3.34. The summed E-state index contributed by atoms with van der Waals surface area (Å²) in [5.41, 5.74) is 2.24. The molecule has 1 aliphatic carbocycles. The van der Waals surface area contributed by atoms with Crippen molar-refractivity contribution in [2.24, 2.45) is 10.9 Å². The van der Waals surface area contributed by atoms with Gasteiger partial charge in [0.05, 0.1) is 6.61 Å². The lowest BCUT2D eigenvalue weighted by molar-refractivity contribution is 0.259. The Kier molecular flexibility index (Phi) is 10.9. The Balaban J connectivity index is 0.00000341. The molecule has 0 aromatic heterocycles. The highest BCUT2D eigenvalue weighted by atomic mass is 127. The predicted molar refractivity (Wildman–Crippen MR) is 138 cm³/mol. The van der Waals surface area contributed by atoms with Gasteiger partial charge in [-0.1, -0.05) is 36.4 Å². The summed E-state index contributed by atoms with van der Waals surface area (Å²) in [6, 6.07) is 16.3. The number of guanidine groups is 1. The normalized spacial score (nSPS) is 13.5. The van der Waals surface area contributed by atoms with Gasteiger partial charge < -0.3 is 25.0 Å². The molecule has 1 aliphatic rings. The van der Waals surface area contributed by atoms with E-state index in [1.807, 2.05) is 50.5 Å². The lowest BCUT2D eigenvalue weighted by atomic mass is 10.2. The number of nitrogens with zero attached hydrogens (tertiary/aromatic N) is 2. The average molecular weight is 538 g/mol. The largest absolute Gasteiger partial charge is 0.493 e. The van der Waals surface area contributed by atoms with Crippen LogP contribution in [0, 0.1) is 5.92 Å². The van der Waals surface area contributed by atoms with Crippen molar-refractivity contribution in [3.8, 4) is 11.5 Å². The van der Waals surface area contributed by atoms with Gasteiger partial charge in [-0.2, -0.15) is 0 Å². The fraction of sp³-hybridized carbons (Fsp3) is 0.458. The molecule has 0 amide bonds. The molecule has 0 heterocycles.